The third kappa shape index (κ3) is 6.24. The highest BCUT2D eigenvalue weighted by molar-refractivity contribution is 6.25. The fourth-order valence-corrected chi connectivity index (χ4v) is 10.2. The van der Waals surface area contributed by atoms with Crippen molar-refractivity contribution >= 4 is 53.9 Å². The fourth-order valence-electron chi connectivity index (χ4n) is 10.2. The second-order valence-corrected chi connectivity index (χ2v) is 16.7. The van der Waals surface area contributed by atoms with Crippen molar-refractivity contribution in [2.24, 2.45) is 0 Å². The molecule has 1 nitrogen and oxygen atoms in total. The lowest BCUT2D eigenvalue weighted by Gasteiger charge is -2.21. The Kier molecular flexibility index (Phi) is 9.13. The first-order chi connectivity index (χ1) is 31.7. The predicted molar refractivity (Wildman–Crippen MR) is 273 cm³/mol. The lowest BCUT2D eigenvalue weighted by Crippen LogP contribution is -1.95. The second-order valence-electron chi connectivity index (χ2n) is 16.7. The van der Waals surface area contributed by atoms with Crippen LogP contribution in [-0.4, -0.2) is 7.11 Å². The van der Waals surface area contributed by atoms with Gasteiger partial charge in [-0.2, -0.15) is 0 Å². The zero-order valence-electron chi connectivity index (χ0n) is 35.4. The molecule has 0 heterocycles. The van der Waals surface area contributed by atoms with Crippen LogP contribution in [0.3, 0.4) is 0 Å². The molecule has 0 N–H and O–H groups in total. The number of rotatable bonds is 7. The average molecular weight is 815 g/mol. The molecule has 0 atom stereocenters. The van der Waals surface area contributed by atoms with Crippen LogP contribution in [0, 0.1) is 0 Å². The number of benzene rings is 12. The molecule has 0 radical (unpaired) electrons. The van der Waals surface area contributed by atoms with E-state index >= 15 is 0 Å². The van der Waals surface area contributed by atoms with Crippen molar-refractivity contribution in [1.82, 2.24) is 0 Å². The largest absolute Gasteiger partial charge is 0.496 e. The highest BCUT2D eigenvalue weighted by Crippen LogP contribution is 2.49. The van der Waals surface area contributed by atoms with Crippen molar-refractivity contribution in [2.45, 2.75) is 0 Å². The number of fused-ring (bicyclic) bond motifs is 6. The third-order valence-corrected chi connectivity index (χ3v) is 13.1. The van der Waals surface area contributed by atoms with Gasteiger partial charge in [0.1, 0.15) is 5.75 Å². The quantitative estimate of drug-likeness (QED) is 0.115. The summed E-state index contributed by atoms with van der Waals surface area (Å²) in [5.74, 6) is 0.850. The summed E-state index contributed by atoms with van der Waals surface area (Å²) >= 11 is 0. The van der Waals surface area contributed by atoms with Crippen LogP contribution >= 0.6 is 0 Å². The molecule has 0 saturated carbocycles. The first-order valence-electron chi connectivity index (χ1n) is 22.0. The normalized spacial score (nSPS) is 11.5. The van der Waals surface area contributed by atoms with Crippen LogP contribution in [0.25, 0.3) is 121 Å². The van der Waals surface area contributed by atoms with Crippen LogP contribution in [0.2, 0.25) is 0 Å². The number of ether oxygens (including phenoxy) is 1. The summed E-state index contributed by atoms with van der Waals surface area (Å²) in [6.07, 6.45) is 0. The molecule has 0 aliphatic carbocycles. The topological polar surface area (TPSA) is 9.23 Å². The molecule has 12 rings (SSSR count). The zero-order valence-corrected chi connectivity index (χ0v) is 35.4. The van der Waals surface area contributed by atoms with E-state index in [1.807, 2.05) is 12.1 Å². The van der Waals surface area contributed by atoms with Gasteiger partial charge >= 0.3 is 0 Å². The summed E-state index contributed by atoms with van der Waals surface area (Å²) < 4.78 is 5.93. The molecule has 12 aromatic carbocycles. The van der Waals surface area contributed by atoms with Crippen LogP contribution in [-0.2, 0) is 0 Å². The minimum Gasteiger partial charge on any atom is -0.496 e. The van der Waals surface area contributed by atoms with E-state index in [1.165, 1.54) is 92.8 Å². The summed E-state index contributed by atoms with van der Waals surface area (Å²) in [5, 5.41) is 12.5. The summed E-state index contributed by atoms with van der Waals surface area (Å²) in [6.45, 7) is 0. The van der Waals surface area contributed by atoms with Crippen molar-refractivity contribution in [3.05, 3.63) is 237 Å². The van der Waals surface area contributed by atoms with E-state index in [9.17, 15) is 0 Å². The third-order valence-electron chi connectivity index (χ3n) is 13.1. The minimum atomic E-state index is 0.850. The standard InChI is InChI=1S/C63H42O/c1-64-60-33-15-14-26-49(60)48-39-58(41-18-4-2-5-19-41)62(59(40-48)42-20-6-3-7-21-42)47-25-16-24-46(37-47)61-53-27-10-12-29-55(53)63(56-30-13-11-28-54(56)61)52-32-17-31-50-51(52)35-34-45-36-43-22-8-9-23-44(43)38-57(45)50/h2-40H,1H3. The highest BCUT2D eigenvalue weighted by Gasteiger charge is 2.22. The molecule has 0 spiro atoms. The molecule has 300 valence electrons. The van der Waals surface area contributed by atoms with E-state index in [1.54, 1.807) is 7.11 Å². The Balaban J connectivity index is 1.11. The minimum absolute atomic E-state index is 0.850. The highest BCUT2D eigenvalue weighted by atomic mass is 16.5. The maximum absolute atomic E-state index is 5.93. The van der Waals surface area contributed by atoms with Gasteiger partial charge in [-0.3, -0.25) is 0 Å². The number of hydrogen-bond donors (Lipinski definition) is 0. The van der Waals surface area contributed by atoms with Gasteiger partial charge < -0.3 is 4.74 Å². The van der Waals surface area contributed by atoms with Gasteiger partial charge in [0.25, 0.3) is 0 Å². The van der Waals surface area contributed by atoms with Gasteiger partial charge in [-0.25, -0.2) is 0 Å². The molecule has 0 aliphatic rings. The first-order valence-corrected chi connectivity index (χ1v) is 22.0. The fraction of sp³-hybridized carbons (Fsp3) is 0.0159. The lowest BCUT2D eigenvalue weighted by atomic mass is 9.82. The van der Waals surface area contributed by atoms with Crippen LogP contribution < -0.4 is 4.74 Å². The van der Waals surface area contributed by atoms with Gasteiger partial charge in [0.05, 0.1) is 7.11 Å². The molecule has 0 aromatic heterocycles. The summed E-state index contributed by atoms with van der Waals surface area (Å²) in [7, 11) is 1.75. The Hall–Kier alpha value is -8.26. The van der Waals surface area contributed by atoms with E-state index in [0.717, 1.165) is 33.6 Å². The zero-order chi connectivity index (χ0) is 42.6. The van der Waals surface area contributed by atoms with E-state index < -0.39 is 0 Å². The molecule has 0 saturated heterocycles. The predicted octanol–water partition coefficient (Wildman–Crippen LogP) is 17.5. The van der Waals surface area contributed by atoms with Crippen LogP contribution in [0.1, 0.15) is 0 Å². The maximum Gasteiger partial charge on any atom is 0.126 e. The van der Waals surface area contributed by atoms with Crippen molar-refractivity contribution in [1.29, 1.82) is 0 Å². The molecule has 1 heteroatoms. The molecule has 64 heavy (non-hydrogen) atoms. The molecule has 12 aromatic rings. The van der Waals surface area contributed by atoms with Crippen molar-refractivity contribution in [3.8, 4) is 72.5 Å². The summed E-state index contributed by atoms with van der Waals surface area (Å²) in [4.78, 5) is 0. The van der Waals surface area contributed by atoms with Gasteiger partial charge in [-0.05, 0) is 151 Å². The Labute approximate surface area is 373 Å². The molecular weight excluding hydrogens is 773 g/mol. The van der Waals surface area contributed by atoms with E-state index in [-0.39, 0.29) is 0 Å². The SMILES string of the molecule is COc1ccccc1-c1cc(-c2ccccc2)c(-c2cccc(-c3c4ccccc4c(-c4cccc5c4ccc4cc6ccccc6cc45)c4ccccc34)c2)c(-c2ccccc2)c1. The lowest BCUT2D eigenvalue weighted by molar-refractivity contribution is 0.416. The Morgan fingerprint density at radius 1 is 0.234 bits per heavy atom. The van der Waals surface area contributed by atoms with Gasteiger partial charge in [0.2, 0.25) is 0 Å². The van der Waals surface area contributed by atoms with Crippen molar-refractivity contribution in [3.63, 3.8) is 0 Å². The molecule has 0 bridgehead atoms. The van der Waals surface area contributed by atoms with Gasteiger partial charge in [-0.1, -0.05) is 200 Å². The van der Waals surface area contributed by atoms with Crippen LogP contribution in [0.4, 0.5) is 0 Å². The summed E-state index contributed by atoms with van der Waals surface area (Å²) in [5.41, 5.74) is 14.1. The van der Waals surface area contributed by atoms with E-state index in [2.05, 4.69) is 224 Å². The monoisotopic (exact) mass is 814 g/mol. The Morgan fingerprint density at radius 3 is 1.36 bits per heavy atom. The molecular formula is C63H42O. The molecule has 0 amide bonds. The summed E-state index contributed by atoms with van der Waals surface area (Å²) in [6, 6.07) is 86.7. The molecule has 0 unspecified atom stereocenters. The smallest absolute Gasteiger partial charge is 0.126 e. The van der Waals surface area contributed by atoms with Crippen molar-refractivity contribution in [2.75, 3.05) is 7.11 Å². The average Bonchev–Trinajstić information content (AvgIpc) is 3.37. The first kappa shape index (κ1) is 37.5. The van der Waals surface area contributed by atoms with Crippen LogP contribution in [0.5, 0.6) is 5.75 Å². The number of hydrogen-bond acceptors (Lipinski definition) is 1. The second kappa shape index (κ2) is 15.6. The van der Waals surface area contributed by atoms with Gasteiger partial charge in [0, 0.05) is 5.56 Å². The number of methoxy groups -OCH3 is 1. The molecule has 0 aliphatic heterocycles. The van der Waals surface area contributed by atoms with Gasteiger partial charge in [-0.15, -0.1) is 0 Å². The Morgan fingerprint density at radius 2 is 0.719 bits per heavy atom. The van der Waals surface area contributed by atoms with Gasteiger partial charge in [0.15, 0.2) is 0 Å². The Bertz CT molecular complexity index is 3630. The maximum atomic E-state index is 5.93. The number of para-hydroxylation sites is 1. The van der Waals surface area contributed by atoms with E-state index in [0.29, 0.717) is 0 Å². The van der Waals surface area contributed by atoms with Crippen LogP contribution in [0.15, 0.2) is 237 Å². The molecule has 0 fully saturated rings. The van der Waals surface area contributed by atoms with Crippen molar-refractivity contribution < 1.29 is 4.74 Å². The van der Waals surface area contributed by atoms with E-state index in [4.69, 9.17) is 4.74 Å².